The van der Waals surface area contributed by atoms with Crippen LogP contribution in [0.3, 0.4) is 0 Å². The fourth-order valence-corrected chi connectivity index (χ4v) is 3.35. The molecule has 0 aromatic heterocycles. The molecule has 1 aromatic rings. The van der Waals surface area contributed by atoms with E-state index in [2.05, 4.69) is 5.32 Å². The van der Waals surface area contributed by atoms with Gasteiger partial charge in [0.25, 0.3) is 0 Å². The van der Waals surface area contributed by atoms with E-state index < -0.39 is 28.4 Å². The zero-order valence-electron chi connectivity index (χ0n) is 10.8. The topological polar surface area (TPSA) is 46.2 Å². The average Bonchev–Trinajstić information content (AvgIpc) is 2.34. The Kier molecular flexibility index (Phi) is 5.63. The summed E-state index contributed by atoms with van der Waals surface area (Å²) in [7, 11) is -4.40. The van der Waals surface area contributed by atoms with Crippen molar-refractivity contribution in [2.24, 2.45) is 0 Å². The second kappa shape index (κ2) is 6.50. The summed E-state index contributed by atoms with van der Waals surface area (Å²) >= 11 is 0. The molecule has 2 rings (SSSR count). The molecule has 0 saturated heterocycles. The van der Waals surface area contributed by atoms with E-state index in [1.54, 1.807) is 0 Å². The van der Waals surface area contributed by atoms with Crippen molar-refractivity contribution in [3.05, 3.63) is 29.3 Å². The molecule has 120 valence electrons. The van der Waals surface area contributed by atoms with Gasteiger partial charge in [0.2, 0.25) is 0 Å². The molecule has 0 bridgehead atoms. The largest absolute Gasteiger partial charge is 0.403 e. The van der Waals surface area contributed by atoms with Crippen LogP contribution < -0.4 is 5.32 Å². The molecule has 0 fully saturated rings. The van der Waals surface area contributed by atoms with Crippen LogP contribution >= 0.6 is 12.4 Å². The molecule has 1 aliphatic heterocycles. The summed E-state index contributed by atoms with van der Waals surface area (Å²) in [4.78, 5) is -0.353. The van der Waals surface area contributed by atoms with Gasteiger partial charge in [0, 0.05) is 12.6 Å². The molecule has 0 spiro atoms. The Morgan fingerprint density at radius 2 is 1.90 bits per heavy atom. The van der Waals surface area contributed by atoms with Crippen molar-refractivity contribution in [2.75, 3.05) is 12.4 Å². The normalized spacial score (nSPS) is 18.8. The lowest BCUT2D eigenvalue weighted by Gasteiger charge is -2.24. The highest BCUT2D eigenvalue weighted by atomic mass is 35.5. The monoisotopic (exact) mass is 347 g/mol. The molecule has 1 aliphatic rings. The van der Waals surface area contributed by atoms with Crippen molar-refractivity contribution in [1.29, 1.82) is 0 Å². The Balaban J connectivity index is 0.00000220. The molecule has 0 amide bonds. The second-order valence-electron chi connectivity index (χ2n) is 4.74. The summed E-state index contributed by atoms with van der Waals surface area (Å²) in [6.07, 6.45) is -4.38. The maximum Gasteiger partial charge on any atom is 0.403 e. The maximum atomic E-state index is 12.5. The van der Waals surface area contributed by atoms with Gasteiger partial charge < -0.3 is 5.32 Å². The molecule has 3 nitrogen and oxygen atoms in total. The minimum absolute atomic E-state index is 0. The first-order valence-electron chi connectivity index (χ1n) is 5.92. The average molecular weight is 348 g/mol. The summed E-state index contributed by atoms with van der Waals surface area (Å²) in [5.41, 5.74) is 1.36. The lowest BCUT2D eigenvalue weighted by atomic mass is 9.96. The molecule has 1 unspecified atom stereocenters. The standard InChI is InChI=1S/C12H13F4NO2S.ClH/c13-5-10-3-8-1-2-11(4-9(8)6-17-10)20(18,19)7-12(14,15)16;/h1-2,4,10,17H,3,5-7H2;1H. The quantitative estimate of drug-likeness (QED) is 0.854. The Hall–Kier alpha value is -0.860. The Morgan fingerprint density at radius 1 is 1.24 bits per heavy atom. The van der Waals surface area contributed by atoms with Crippen LogP contribution in [0.2, 0.25) is 0 Å². The van der Waals surface area contributed by atoms with Gasteiger partial charge in [0.15, 0.2) is 15.6 Å². The van der Waals surface area contributed by atoms with E-state index in [0.717, 1.165) is 11.6 Å². The third-order valence-corrected chi connectivity index (χ3v) is 4.80. The van der Waals surface area contributed by atoms with E-state index in [0.29, 0.717) is 12.0 Å². The number of hydrogen-bond donors (Lipinski definition) is 1. The van der Waals surface area contributed by atoms with Gasteiger partial charge in [-0.1, -0.05) is 6.07 Å². The number of sulfone groups is 1. The van der Waals surface area contributed by atoms with Crippen LogP contribution in [0, 0.1) is 0 Å². The highest BCUT2D eigenvalue weighted by Gasteiger charge is 2.36. The number of rotatable bonds is 3. The van der Waals surface area contributed by atoms with Crippen LogP contribution in [0.15, 0.2) is 23.1 Å². The van der Waals surface area contributed by atoms with Gasteiger partial charge in [-0.3, -0.25) is 0 Å². The fraction of sp³-hybridized carbons (Fsp3) is 0.500. The van der Waals surface area contributed by atoms with E-state index in [-0.39, 0.29) is 29.9 Å². The number of alkyl halides is 4. The van der Waals surface area contributed by atoms with Crippen molar-refractivity contribution in [2.45, 2.75) is 30.1 Å². The Morgan fingerprint density at radius 3 is 2.48 bits per heavy atom. The molecule has 1 heterocycles. The molecule has 1 atom stereocenters. The van der Waals surface area contributed by atoms with Crippen LogP contribution in [-0.2, 0) is 22.8 Å². The summed E-state index contributed by atoms with van der Waals surface area (Å²) in [5.74, 6) is -1.88. The summed E-state index contributed by atoms with van der Waals surface area (Å²) in [6, 6.07) is 3.51. The van der Waals surface area contributed by atoms with E-state index >= 15 is 0 Å². The fourth-order valence-electron chi connectivity index (χ4n) is 2.16. The van der Waals surface area contributed by atoms with Gasteiger partial charge in [0.1, 0.15) is 6.67 Å². The highest BCUT2D eigenvalue weighted by Crippen LogP contribution is 2.26. The summed E-state index contributed by atoms with van der Waals surface area (Å²) in [6.45, 7) is -0.299. The van der Waals surface area contributed by atoms with E-state index in [9.17, 15) is 26.0 Å². The first-order valence-corrected chi connectivity index (χ1v) is 7.57. The minimum Gasteiger partial charge on any atom is -0.307 e. The molecule has 0 radical (unpaired) electrons. The molecule has 0 aliphatic carbocycles. The number of fused-ring (bicyclic) bond motifs is 1. The zero-order chi connectivity index (χ0) is 15.0. The van der Waals surface area contributed by atoms with Crippen molar-refractivity contribution >= 4 is 22.2 Å². The van der Waals surface area contributed by atoms with E-state index in [4.69, 9.17) is 0 Å². The molecular formula is C12H14ClF4NO2S. The first-order chi connectivity index (χ1) is 9.21. The Bertz CT molecular complexity index is 604. The number of benzene rings is 1. The molecular weight excluding hydrogens is 334 g/mol. The first kappa shape index (κ1) is 18.2. The van der Waals surface area contributed by atoms with Crippen LogP contribution in [0.4, 0.5) is 17.6 Å². The Labute approximate surface area is 126 Å². The molecule has 21 heavy (non-hydrogen) atoms. The lowest BCUT2D eigenvalue weighted by Crippen LogP contribution is -2.37. The SMILES string of the molecule is Cl.O=S(=O)(CC(F)(F)F)c1ccc2c(c1)CNC(CF)C2. The third-order valence-electron chi connectivity index (χ3n) is 3.12. The van der Waals surface area contributed by atoms with Crippen LogP contribution in [0.5, 0.6) is 0 Å². The second-order valence-corrected chi connectivity index (χ2v) is 6.73. The lowest BCUT2D eigenvalue weighted by molar-refractivity contribution is -0.106. The number of hydrogen-bond acceptors (Lipinski definition) is 3. The van der Waals surface area contributed by atoms with Crippen molar-refractivity contribution < 1.29 is 26.0 Å². The van der Waals surface area contributed by atoms with E-state index in [1.165, 1.54) is 12.1 Å². The smallest absolute Gasteiger partial charge is 0.307 e. The van der Waals surface area contributed by atoms with Crippen LogP contribution in [-0.4, -0.2) is 33.1 Å². The van der Waals surface area contributed by atoms with Crippen molar-refractivity contribution in [3.8, 4) is 0 Å². The number of halogens is 5. The predicted octanol–water partition coefficient (Wildman–Crippen LogP) is 2.43. The molecule has 9 heteroatoms. The molecule has 1 N–H and O–H groups in total. The van der Waals surface area contributed by atoms with Crippen LogP contribution in [0.25, 0.3) is 0 Å². The van der Waals surface area contributed by atoms with Gasteiger partial charge in [-0.2, -0.15) is 13.2 Å². The molecule has 0 saturated carbocycles. The molecule has 1 aromatic carbocycles. The van der Waals surface area contributed by atoms with Crippen LogP contribution in [0.1, 0.15) is 11.1 Å². The predicted molar refractivity (Wildman–Crippen MR) is 72.1 cm³/mol. The van der Waals surface area contributed by atoms with Gasteiger partial charge in [-0.15, -0.1) is 12.4 Å². The highest BCUT2D eigenvalue weighted by molar-refractivity contribution is 7.91. The van der Waals surface area contributed by atoms with Crippen molar-refractivity contribution in [3.63, 3.8) is 0 Å². The maximum absolute atomic E-state index is 12.5. The zero-order valence-corrected chi connectivity index (χ0v) is 12.4. The van der Waals surface area contributed by atoms with Gasteiger partial charge in [0.05, 0.1) is 4.90 Å². The van der Waals surface area contributed by atoms with Gasteiger partial charge >= 0.3 is 6.18 Å². The minimum atomic E-state index is -4.77. The summed E-state index contributed by atoms with van der Waals surface area (Å²) < 4.78 is 72.6. The summed E-state index contributed by atoms with van der Waals surface area (Å²) in [5, 5.41) is 2.86. The van der Waals surface area contributed by atoms with E-state index in [1.807, 2.05) is 0 Å². The van der Waals surface area contributed by atoms with Gasteiger partial charge in [-0.25, -0.2) is 12.8 Å². The van der Waals surface area contributed by atoms with Gasteiger partial charge in [-0.05, 0) is 29.7 Å². The third kappa shape index (κ3) is 4.55. The number of nitrogens with one attached hydrogen (secondary N) is 1. The van der Waals surface area contributed by atoms with Crippen molar-refractivity contribution in [1.82, 2.24) is 5.32 Å².